The summed E-state index contributed by atoms with van der Waals surface area (Å²) in [6, 6.07) is 13.0. The maximum Gasteiger partial charge on any atom is 0.327 e. The van der Waals surface area contributed by atoms with Crippen molar-refractivity contribution in [3.63, 3.8) is 0 Å². The lowest BCUT2D eigenvalue weighted by Gasteiger charge is -2.26. The molecule has 0 bridgehead atoms. The van der Waals surface area contributed by atoms with Gasteiger partial charge < -0.3 is 15.0 Å². The number of aromatic nitrogens is 2. The van der Waals surface area contributed by atoms with Crippen molar-refractivity contribution >= 4 is 50.1 Å². The molecule has 0 unspecified atom stereocenters. The zero-order valence-corrected chi connectivity index (χ0v) is 16.8. The highest BCUT2D eigenvalue weighted by Crippen LogP contribution is 2.38. The first kappa shape index (κ1) is 18.6. The number of imide groups is 1. The number of morpholine rings is 1. The quantitative estimate of drug-likeness (QED) is 0.455. The summed E-state index contributed by atoms with van der Waals surface area (Å²) in [5.41, 5.74) is 2.43. The average Bonchev–Trinajstić information content (AvgIpc) is 3.40. The summed E-state index contributed by atoms with van der Waals surface area (Å²) >= 11 is 1.68. The van der Waals surface area contributed by atoms with Crippen molar-refractivity contribution in [1.82, 2.24) is 20.4 Å². The number of nitrogens with zero attached hydrogens (tertiary/aromatic N) is 2. The number of thiophene rings is 1. The van der Waals surface area contributed by atoms with Crippen molar-refractivity contribution in [2.45, 2.75) is 0 Å². The minimum Gasteiger partial charge on any atom is -0.378 e. The van der Waals surface area contributed by atoms with Gasteiger partial charge in [0.05, 0.1) is 24.9 Å². The van der Waals surface area contributed by atoms with Crippen molar-refractivity contribution in [1.29, 1.82) is 0 Å². The molecule has 0 atom stereocenters. The number of carbonyl (C=O) groups is 2. The van der Waals surface area contributed by atoms with E-state index >= 15 is 0 Å². The number of rotatable bonds is 2. The van der Waals surface area contributed by atoms with E-state index in [0.717, 1.165) is 26.7 Å². The second-order valence-electron chi connectivity index (χ2n) is 6.99. The number of aromatic amines is 1. The first-order chi connectivity index (χ1) is 14.7. The number of anilines is 1. The normalized spacial score (nSPS) is 14.2. The molecule has 3 N–H and O–H groups in total. The van der Waals surface area contributed by atoms with Crippen LogP contribution in [0.2, 0.25) is 0 Å². The third kappa shape index (κ3) is 3.60. The summed E-state index contributed by atoms with van der Waals surface area (Å²) in [4.78, 5) is 27.3. The number of amides is 4. The van der Waals surface area contributed by atoms with Crippen molar-refractivity contribution < 1.29 is 14.3 Å². The standard InChI is InChI=1S/C21H19N5O3S/c27-20(24-21(28)26-5-7-29-8-6-26)23-15-9-14-12-22-25-19(14)16(11-15)18-10-13-3-1-2-4-17(13)30-18/h1-4,9-12H,5-8H2,(H,22,25)(H2,23,24,27,28). The van der Waals surface area contributed by atoms with Gasteiger partial charge in [-0.3, -0.25) is 10.4 Å². The van der Waals surface area contributed by atoms with E-state index in [4.69, 9.17) is 4.74 Å². The molecule has 2 aromatic carbocycles. The molecule has 1 aliphatic rings. The largest absolute Gasteiger partial charge is 0.378 e. The fraction of sp³-hybridized carbons (Fsp3) is 0.190. The summed E-state index contributed by atoms with van der Waals surface area (Å²) < 4.78 is 6.42. The minimum atomic E-state index is -0.573. The summed E-state index contributed by atoms with van der Waals surface area (Å²) in [6.45, 7) is 1.89. The van der Waals surface area contributed by atoms with E-state index in [-0.39, 0.29) is 0 Å². The molecule has 1 aliphatic heterocycles. The van der Waals surface area contributed by atoms with Gasteiger partial charge in [-0.2, -0.15) is 5.10 Å². The van der Waals surface area contributed by atoms with Crippen LogP contribution in [-0.4, -0.2) is 53.5 Å². The van der Waals surface area contributed by atoms with E-state index in [1.807, 2.05) is 24.3 Å². The average molecular weight is 421 g/mol. The minimum absolute atomic E-state index is 0.426. The van der Waals surface area contributed by atoms with Gasteiger partial charge in [-0.05, 0) is 29.7 Å². The molecule has 0 radical (unpaired) electrons. The monoisotopic (exact) mass is 421 g/mol. The van der Waals surface area contributed by atoms with E-state index in [1.54, 1.807) is 22.4 Å². The zero-order chi connectivity index (χ0) is 20.5. The lowest BCUT2D eigenvalue weighted by molar-refractivity contribution is 0.0539. The molecule has 3 heterocycles. The molecule has 0 spiro atoms. The van der Waals surface area contributed by atoms with Crippen LogP contribution in [0.5, 0.6) is 0 Å². The van der Waals surface area contributed by atoms with Crippen molar-refractivity contribution in [2.24, 2.45) is 0 Å². The second kappa shape index (κ2) is 7.77. The molecule has 0 aliphatic carbocycles. The molecule has 1 saturated heterocycles. The smallest absolute Gasteiger partial charge is 0.327 e. The number of urea groups is 2. The van der Waals surface area contributed by atoms with Crippen LogP contribution < -0.4 is 10.6 Å². The Balaban J connectivity index is 1.41. The molecule has 5 rings (SSSR count). The van der Waals surface area contributed by atoms with Crippen LogP contribution in [0.15, 0.2) is 48.7 Å². The number of nitrogens with one attached hydrogen (secondary N) is 3. The van der Waals surface area contributed by atoms with Gasteiger partial charge in [0.15, 0.2) is 0 Å². The number of fused-ring (bicyclic) bond motifs is 2. The molecular formula is C21H19N5O3S. The Morgan fingerprint density at radius 2 is 1.93 bits per heavy atom. The van der Waals surface area contributed by atoms with Crippen molar-refractivity contribution in [2.75, 3.05) is 31.6 Å². The Kier molecular flexibility index (Phi) is 4.82. The van der Waals surface area contributed by atoms with Gasteiger partial charge in [0, 0.05) is 39.3 Å². The maximum atomic E-state index is 12.4. The van der Waals surface area contributed by atoms with Crippen molar-refractivity contribution in [3.8, 4) is 10.4 Å². The van der Waals surface area contributed by atoms with E-state index in [0.29, 0.717) is 32.0 Å². The molecule has 9 heteroatoms. The topological polar surface area (TPSA) is 99.4 Å². The Labute approximate surface area is 175 Å². The van der Waals surface area contributed by atoms with E-state index in [1.165, 1.54) is 4.70 Å². The first-order valence-electron chi connectivity index (χ1n) is 9.58. The van der Waals surface area contributed by atoms with Crippen LogP contribution in [0, 0.1) is 0 Å². The number of hydrogen-bond acceptors (Lipinski definition) is 5. The van der Waals surface area contributed by atoms with Gasteiger partial charge in [-0.1, -0.05) is 18.2 Å². The summed E-state index contributed by atoms with van der Waals surface area (Å²) in [5.74, 6) is 0. The molecule has 8 nitrogen and oxygen atoms in total. The van der Waals surface area contributed by atoms with Gasteiger partial charge in [0.2, 0.25) is 0 Å². The Hall–Kier alpha value is -3.43. The van der Waals surface area contributed by atoms with Gasteiger partial charge in [-0.15, -0.1) is 11.3 Å². The molecule has 2 aromatic heterocycles. The van der Waals surface area contributed by atoms with Crippen LogP contribution in [0.4, 0.5) is 15.3 Å². The van der Waals surface area contributed by atoms with Gasteiger partial charge in [0.25, 0.3) is 0 Å². The molecule has 1 fully saturated rings. The molecule has 152 valence electrons. The summed E-state index contributed by atoms with van der Waals surface area (Å²) in [7, 11) is 0. The molecule has 0 saturated carbocycles. The van der Waals surface area contributed by atoms with E-state index in [9.17, 15) is 9.59 Å². The highest BCUT2D eigenvalue weighted by molar-refractivity contribution is 7.22. The Morgan fingerprint density at radius 3 is 2.77 bits per heavy atom. The van der Waals surface area contributed by atoms with Gasteiger partial charge in [-0.25, -0.2) is 9.59 Å². The fourth-order valence-electron chi connectivity index (χ4n) is 3.54. The number of benzene rings is 2. The van der Waals surface area contributed by atoms with Gasteiger partial charge in [0.1, 0.15) is 0 Å². The van der Waals surface area contributed by atoms with Crippen LogP contribution in [0.3, 0.4) is 0 Å². The highest BCUT2D eigenvalue weighted by atomic mass is 32.1. The summed E-state index contributed by atoms with van der Waals surface area (Å²) in [5, 5.41) is 14.4. The zero-order valence-electron chi connectivity index (χ0n) is 16.0. The maximum absolute atomic E-state index is 12.4. The lowest BCUT2D eigenvalue weighted by Crippen LogP contribution is -2.48. The Bertz CT molecular complexity index is 1210. The number of H-pyrrole nitrogens is 1. The predicted octanol–water partition coefficient (Wildman–Crippen LogP) is 4.02. The molecular weight excluding hydrogens is 402 g/mol. The van der Waals surface area contributed by atoms with Crippen molar-refractivity contribution in [3.05, 3.63) is 48.7 Å². The predicted molar refractivity (Wildman–Crippen MR) is 117 cm³/mol. The second-order valence-corrected chi connectivity index (χ2v) is 8.07. The number of ether oxygens (including phenoxy) is 1. The molecule has 4 aromatic rings. The van der Waals surface area contributed by atoms with Gasteiger partial charge >= 0.3 is 12.1 Å². The first-order valence-corrected chi connectivity index (χ1v) is 10.4. The van der Waals surface area contributed by atoms with E-state index < -0.39 is 12.1 Å². The SMILES string of the molecule is O=C(NC(=O)N1CCOCC1)Nc1cc(-c2cc3ccccc3s2)c2[nH]ncc2c1. The molecule has 4 amide bonds. The third-order valence-electron chi connectivity index (χ3n) is 5.02. The van der Waals surface area contributed by atoms with Crippen LogP contribution in [0.1, 0.15) is 0 Å². The fourth-order valence-corrected chi connectivity index (χ4v) is 4.63. The van der Waals surface area contributed by atoms with Crippen LogP contribution in [-0.2, 0) is 4.74 Å². The lowest BCUT2D eigenvalue weighted by atomic mass is 10.1. The summed E-state index contributed by atoms with van der Waals surface area (Å²) in [6.07, 6.45) is 1.72. The van der Waals surface area contributed by atoms with E-state index in [2.05, 4.69) is 39.0 Å². The number of hydrogen-bond donors (Lipinski definition) is 3. The number of carbonyl (C=O) groups excluding carboxylic acids is 2. The van der Waals surface area contributed by atoms with Crippen LogP contribution >= 0.6 is 11.3 Å². The van der Waals surface area contributed by atoms with Crippen LogP contribution in [0.25, 0.3) is 31.4 Å². The Morgan fingerprint density at radius 1 is 1.10 bits per heavy atom. The highest BCUT2D eigenvalue weighted by Gasteiger charge is 2.19. The molecule has 30 heavy (non-hydrogen) atoms. The third-order valence-corrected chi connectivity index (χ3v) is 6.17.